The second kappa shape index (κ2) is 6.46. The summed E-state index contributed by atoms with van der Waals surface area (Å²) in [5.41, 5.74) is 0. The van der Waals surface area contributed by atoms with E-state index in [0.717, 1.165) is 25.0 Å². The third-order valence-corrected chi connectivity index (χ3v) is 2.67. The van der Waals surface area contributed by atoms with Crippen molar-refractivity contribution in [3.63, 3.8) is 0 Å². The maximum Gasteiger partial charge on any atom is 0.120 e. The summed E-state index contributed by atoms with van der Waals surface area (Å²) in [5, 5.41) is 3.56. The van der Waals surface area contributed by atoms with Crippen LogP contribution in [0, 0.1) is 0 Å². The van der Waals surface area contributed by atoms with E-state index in [4.69, 9.17) is 4.42 Å². The molecule has 2 atom stereocenters. The average molecular weight is 207 g/mol. The summed E-state index contributed by atoms with van der Waals surface area (Å²) in [4.78, 5) is 0. The lowest BCUT2D eigenvalue weighted by molar-refractivity contribution is 0.371. The third-order valence-electron chi connectivity index (χ3n) is 2.67. The maximum absolute atomic E-state index is 5.36. The lowest BCUT2D eigenvalue weighted by Gasteiger charge is -2.20. The molecule has 1 heterocycles. The fourth-order valence-electron chi connectivity index (χ4n) is 1.70. The Labute approximate surface area is 92.4 Å². The van der Waals surface area contributed by atoms with E-state index in [2.05, 4.69) is 25.7 Å². The summed E-state index contributed by atoms with van der Waals surface area (Å²) in [6.45, 7) is 8.09. The van der Waals surface area contributed by atoms with Crippen molar-refractivity contribution in [2.75, 3.05) is 0 Å². The molecule has 0 fully saturated rings. The van der Waals surface area contributed by atoms with E-state index in [-0.39, 0.29) is 6.04 Å². The summed E-state index contributed by atoms with van der Waals surface area (Å²) in [6.07, 6.45) is 7.04. The van der Waals surface area contributed by atoms with Gasteiger partial charge in [0, 0.05) is 6.04 Å². The monoisotopic (exact) mass is 207 g/mol. The summed E-state index contributed by atoms with van der Waals surface area (Å²) >= 11 is 0. The van der Waals surface area contributed by atoms with Gasteiger partial charge in [0.05, 0.1) is 12.3 Å². The Balaban J connectivity index is 2.40. The number of furan rings is 1. The van der Waals surface area contributed by atoms with Crippen LogP contribution < -0.4 is 5.32 Å². The first-order valence-corrected chi connectivity index (χ1v) is 5.68. The lowest BCUT2D eigenvalue weighted by Crippen LogP contribution is -2.30. The van der Waals surface area contributed by atoms with E-state index >= 15 is 0 Å². The van der Waals surface area contributed by atoms with Gasteiger partial charge >= 0.3 is 0 Å². The Bertz CT molecular complexity index is 266. The van der Waals surface area contributed by atoms with Gasteiger partial charge in [0.15, 0.2) is 0 Å². The van der Waals surface area contributed by atoms with Gasteiger partial charge in [-0.25, -0.2) is 0 Å². The van der Waals surface area contributed by atoms with Crippen LogP contribution in [-0.4, -0.2) is 6.04 Å². The van der Waals surface area contributed by atoms with Gasteiger partial charge in [0.2, 0.25) is 0 Å². The molecule has 0 spiro atoms. The molecular formula is C13H21NO. The van der Waals surface area contributed by atoms with E-state index in [1.54, 1.807) is 6.26 Å². The van der Waals surface area contributed by atoms with Crippen LogP contribution >= 0.6 is 0 Å². The minimum Gasteiger partial charge on any atom is -0.468 e. The first kappa shape index (κ1) is 12.1. The van der Waals surface area contributed by atoms with Crippen molar-refractivity contribution in [3.05, 3.63) is 36.8 Å². The van der Waals surface area contributed by atoms with Crippen LogP contribution in [0.5, 0.6) is 0 Å². The molecule has 2 unspecified atom stereocenters. The highest BCUT2D eigenvalue weighted by atomic mass is 16.3. The van der Waals surface area contributed by atoms with Crippen LogP contribution in [0.2, 0.25) is 0 Å². The first-order valence-electron chi connectivity index (χ1n) is 5.68. The zero-order valence-corrected chi connectivity index (χ0v) is 9.70. The second-order valence-electron chi connectivity index (χ2n) is 3.87. The van der Waals surface area contributed by atoms with Crippen molar-refractivity contribution >= 4 is 0 Å². The Morgan fingerprint density at radius 1 is 1.60 bits per heavy atom. The Kier molecular flexibility index (Phi) is 5.19. The molecule has 1 aromatic heterocycles. The van der Waals surface area contributed by atoms with Crippen LogP contribution in [0.3, 0.4) is 0 Å². The summed E-state index contributed by atoms with van der Waals surface area (Å²) in [5.74, 6) is 1.01. The predicted molar refractivity (Wildman–Crippen MR) is 63.8 cm³/mol. The van der Waals surface area contributed by atoms with Gasteiger partial charge in [-0.15, -0.1) is 6.58 Å². The third kappa shape index (κ3) is 3.92. The normalized spacial score (nSPS) is 14.8. The highest BCUT2D eigenvalue weighted by Gasteiger charge is 2.12. The summed E-state index contributed by atoms with van der Waals surface area (Å²) < 4.78 is 5.36. The molecule has 15 heavy (non-hydrogen) atoms. The van der Waals surface area contributed by atoms with Crippen molar-refractivity contribution in [1.82, 2.24) is 5.32 Å². The molecule has 84 valence electrons. The molecule has 0 saturated heterocycles. The van der Waals surface area contributed by atoms with Gasteiger partial charge in [-0.1, -0.05) is 13.0 Å². The highest BCUT2D eigenvalue weighted by molar-refractivity contribution is 5.03. The predicted octanol–water partition coefficient (Wildman–Crippen LogP) is 3.68. The Morgan fingerprint density at radius 3 is 2.93 bits per heavy atom. The topological polar surface area (TPSA) is 25.2 Å². The van der Waals surface area contributed by atoms with Gasteiger partial charge in [-0.2, -0.15) is 0 Å². The molecule has 1 N–H and O–H groups in total. The standard InChI is InChI=1S/C13H21NO/c1-4-6-8-12(5-2)14-11(3)13-9-7-10-15-13/h4,7,9-12,14H,1,5-6,8H2,2-3H3. The summed E-state index contributed by atoms with van der Waals surface area (Å²) in [6, 6.07) is 4.77. The highest BCUT2D eigenvalue weighted by Crippen LogP contribution is 2.15. The molecule has 2 nitrogen and oxygen atoms in total. The fourth-order valence-corrected chi connectivity index (χ4v) is 1.70. The maximum atomic E-state index is 5.36. The van der Waals surface area contributed by atoms with Crippen molar-refractivity contribution < 1.29 is 4.42 Å². The van der Waals surface area contributed by atoms with E-state index < -0.39 is 0 Å². The molecule has 2 heteroatoms. The van der Waals surface area contributed by atoms with Gasteiger partial charge in [-0.3, -0.25) is 0 Å². The van der Waals surface area contributed by atoms with Gasteiger partial charge in [0.25, 0.3) is 0 Å². The quantitative estimate of drug-likeness (QED) is 0.690. The van der Waals surface area contributed by atoms with Crippen LogP contribution in [-0.2, 0) is 0 Å². The van der Waals surface area contributed by atoms with E-state index in [1.165, 1.54) is 0 Å². The van der Waals surface area contributed by atoms with Crippen molar-refractivity contribution in [1.29, 1.82) is 0 Å². The van der Waals surface area contributed by atoms with Gasteiger partial charge < -0.3 is 9.73 Å². The molecule has 0 aliphatic rings. The largest absolute Gasteiger partial charge is 0.468 e. The Hall–Kier alpha value is -1.02. The van der Waals surface area contributed by atoms with Crippen LogP contribution in [0.25, 0.3) is 0 Å². The minimum atomic E-state index is 0.287. The molecule has 0 amide bonds. The van der Waals surface area contributed by atoms with E-state index in [1.807, 2.05) is 18.2 Å². The fraction of sp³-hybridized carbons (Fsp3) is 0.538. The molecule has 0 aliphatic heterocycles. The molecule has 0 radical (unpaired) electrons. The molecule has 0 saturated carbocycles. The number of nitrogens with one attached hydrogen (secondary N) is 1. The first-order chi connectivity index (χ1) is 7.27. The smallest absolute Gasteiger partial charge is 0.120 e. The zero-order chi connectivity index (χ0) is 11.1. The van der Waals surface area contributed by atoms with E-state index in [9.17, 15) is 0 Å². The summed E-state index contributed by atoms with van der Waals surface area (Å²) in [7, 11) is 0. The van der Waals surface area contributed by atoms with Crippen LogP contribution in [0.4, 0.5) is 0 Å². The van der Waals surface area contributed by atoms with Crippen LogP contribution in [0.1, 0.15) is 44.9 Å². The number of hydrogen-bond donors (Lipinski definition) is 1. The average Bonchev–Trinajstić information content (AvgIpc) is 2.77. The molecule has 1 rings (SSSR count). The van der Waals surface area contributed by atoms with Crippen molar-refractivity contribution in [2.24, 2.45) is 0 Å². The second-order valence-corrected chi connectivity index (χ2v) is 3.87. The molecule has 0 aromatic carbocycles. The van der Waals surface area contributed by atoms with E-state index in [0.29, 0.717) is 6.04 Å². The minimum absolute atomic E-state index is 0.287. The SMILES string of the molecule is C=CCCC(CC)NC(C)c1ccco1. The van der Waals surface area contributed by atoms with Gasteiger partial charge in [-0.05, 0) is 38.3 Å². The Morgan fingerprint density at radius 2 is 2.40 bits per heavy atom. The van der Waals surface area contributed by atoms with Crippen molar-refractivity contribution in [2.45, 2.75) is 45.2 Å². The van der Waals surface area contributed by atoms with Gasteiger partial charge in [0.1, 0.15) is 5.76 Å². The number of allylic oxidation sites excluding steroid dienone is 1. The molecule has 0 aliphatic carbocycles. The molecular weight excluding hydrogens is 186 g/mol. The number of rotatable bonds is 7. The zero-order valence-electron chi connectivity index (χ0n) is 9.70. The molecule has 0 bridgehead atoms. The lowest BCUT2D eigenvalue weighted by atomic mass is 10.1. The molecule has 1 aromatic rings. The van der Waals surface area contributed by atoms with Crippen LogP contribution in [0.15, 0.2) is 35.5 Å². The number of hydrogen-bond acceptors (Lipinski definition) is 2. The van der Waals surface area contributed by atoms with Crippen molar-refractivity contribution in [3.8, 4) is 0 Å².